The second-order valence-electron chi connectivity index (χ2n) is 5.45. The largest absolute Gasteiger partial charge is 0.326 e. The number of amides is 1. The minimum absolute atomic E-state index is 0.101. The van der Waals surface area contributed by atoms with E-state index in [1.54, 1.807) is 22.7 Å². The first-order valence-corrected chi connectivity index (χ1v) is 9.27. The van der Waals surface area contributed by atoms with Gasteiger partial charge < -0.3 is 5.32 Å². The van der Waals surface area contributed by atoms with Crippen molar-refractivity contribution in [3.8, 4) is 0 Å². The first kappa shape index (κ1) is 18.1. The van der Waals surface area contributed by atoms with E-state index in [0.29, 0.717) is 9.93 Å². The SMILES string of the molecule is CC(=O)Nc1ccc(/C=N\n2c(SCc3ccccc3)n[nH]c2=S)cc1. The predicted molar refractivity (Wildman–Crippen MR) is 107 cm³/mol. The second kappa shape index (κ2) is 8.59. The Morgan fingerprint density at radius 2 is 2.00 bits per heavy atom. The molecule has 0 spiro atoms. The number of hydrogen-bond acceptors (Lipinski definition) is 5. The van der Waals surface area contributed by atoms with Gasteiger partial charge in [-0.15, -0.1) is 5.10 Å². The van der Waals surface area contributed by atoms with E-state index in [1.165, 1.54) is 12.5 Å². The number of aromatic amines is 1. The number of rotatable bonds is 6. The maximum Gasteiger partial charge on any atom is 0.221 e. The molecule has 2 aromatic carbocycles. The van der Waals surface area contributed by atoms with Crippen LogP contribution >= 0.6 is 24.0 Å². The van der Waals surface area contributed by atoms with Gasteiger partial charge in [-0.1, -0.05) is 54.2 Å². The topological polar surface area (TPSA) is 75.1 Å². The third kappa shape index (κ3) is 4.90. The van der Waals surface area contributed by atoms with Gasteiger partial charge in [0.05, 0.1) is 6.21 Å². The molecule has 0 fully saturated rings. The maximum absolute atomic E-state index is 11.1. The van der Waals surface area contributed by atoms with Gasteiger partial charge in [0.2, 0.25) is 15.8 Å². The molecule has 0 atom stereocenters. The first-order chi connectivity index (χ1) is 12.6. The highest BCUT2D eigenvalue weighted by Crippen LogP contribution is 2.21. The normalized spacial score (nSPS) is 11.0. The van der Waals surface area contributed by atoms with Crippen LogP contribution in [0.3, 0.4) is 0 Å². The van der Waals surface area contributed by atoms with Crippen LogP contribution in [0, 0.1) is 4.77 Å². The monoisotopic (exact) mass is 383 g/mol. The molecule has 0 aliphatic rings. The van der Waals surface area contributed by atoms with Crippen LogP contribution in [-0.2, 0) is 10.5 Å². The Kier molecular flexibility index (Phi) is 5.98. The van der Waals surface area contributed by atoms with Gasteiger partial charge in [0.1, 0.15) is 0 Å². The van der Waals surface area contributed by atoms with Crippen LogP contribution in [0.4, 0.5) is 5.69 Å². The summed E-state index contributed by atoms with van der Waals surface area (Å²) in [5.41, 5.74) is 2.84. The van der Waals surface area contributed by atoms with Gasteiger partial charge >= 0.3 is 0 Å². The number of nitrogens with zero attached hydrogens (tertiary/aromatic N) is 3. The number of nitrogens with one attached hydrogen (secondary N) is 2. The molecule has 0 saturated carbocycles. The summed E-state index contributed by atoms with van der Waals surface area (Å²) in [6, 6.07) is 17.5. The Morgan fingerprint density at radius 1 is 1.27 bits per heavy atom. The van der Waals surface area contributed by atoms with Gasteiger partial charge in [0.15, 0.2) is 0 Å². The zero-order chi connectivity index (χ0) is 18.4. The minimum Gasteiger partial charge on any atom is -0.326 e. The second-order valence-corrected chi connectivity index (χ2v) is 6.77. The number of carbonyl (C=O) groups excluding carboxylic acids is 1. The van der Waals surface area contributed by atoms with Crippen molar-refractivity contribution in [1.82, 2.24) is 14.9 Å². The summed E-state index contributed by atoms with van der Waals surface area (Å²) < 4.78 is 2.04. The molecule has 2 N–H and O–H groups in total. The van der Waals surface area contributed by atoms with Gasteiger partial charge in [0, 0.05) is 18.4 Å². The smallest absolute Gasteiger partial charge is 0.221 e. The molecule has 26 heavy (non-hydrogen) atoms. The van der Waals surface area contributed by atoms with Gasteiger partial charge in [-0.2, -0.15) is 9.78 Å². The van der Waals surface area contributed by atoms with E-state index in [0.717, 1.165) is 17.0 Å². The van der Waals surface area contributed by atoms with Crippen LogP contribution in [0.5, 0.6) is 0 Å². The van der Waals surface area contributed by atoms with Crippen molar-refractivity contribution in [2.75, 3.05) is 5.32 Å². The molecule has 6 nitrogen and oxygen atoms in total. The molecule has 0 aliphatic heterocycles. The van der Waals surface area contributed by atoms with E-state index >= 15 is 0 Å². The van der Waals surface area contributed by atoms with Crippen molar-refractivity contribution in [1.29, 1.82) is 0 Å². The number of H-pyrrole nitrogens is 1. The number of carbonyl (C=O) groups is 1. The van der Waals surface area contributed by atoms with Gasteiger partial charge in [-0.3, -0.25) is 4.79 Å². The molecule has 1 heterocycles. The van der Waals surface area contributed by atoms with Gasteiger partial charge in [-0.25, -0.2) is 5.10 Å². The van der Waals surface area contributed by atoms with Crippen molar-refractivity contribution in [3.05, 3.63) is 70.5 Å². The standard InChI is InChI=1S/C18H17N5OS2/c1-13(24)20-16-9-7-14(8-10-16)11-19-23-17(25)21-22-18(23)26-12-15-5-3-2-4-6-15/h2-11H,12H2,1H3,(H,20,24)(H,21,25)/b19-11-. The molecule has 1 amide bonds. The maximum atomic E-state index is 11.1. The highest BCUT2D eigenvalue weighted by atomic mass is 32.2. The third-order valence-corrected chi connectivity index (χ3v) is 4.65. The average molecular weight is 384 g/mol. The summed E-state index contributed by atoms with van der Waals surface area (Å²) >= 11 is 6.82. The minimum atomic E-state index is -0.101. The van der Waals surface area contributed by atoms with E-state index in [2.05, 4.69) is 32.7 Å². The molecule has 0 unspecified atom stereocenters. The Labute approximate surface area is 160 Å². The van der Waals surface area contributed by atoms with Crippen LogP contribution in [0.2, 0.25) is 0 Å². The lowest BCUT2D eigenvalue weighted by molar-refractivity contribution is -0.114. The lowest BCUT2D eigenvalue weighted by atomic mass is 10.2. The summed E-state index contributed by atoms with van der Waals surface area (Å²) in [5, 5.41) is 14.9. The van der Waals surface area contributed by atoms with Crippen molar-refractivity contribution >= 4 is 41.8 Å². The summed E-state index contributed by atoms with van der Waals surface area (Å²) in [4.78, 5) is 11.1. The fourth-order valence-corrected chi connectivity index (χ4v) is 3.27. The Bertz CT molecular complexity index is 961. The lowest BCUT2D eigenvalue weighted by Crippen LogP contribution is -2.05. The number of anilines is 1. The van der Waals surface area contributed by atoms with E-state index in [1.807, 2.05) is 42.5 Å². The van der Waals surface area contributed by atoms with Gasteiger partial charge in [0.25, 0.3) is 0 Å². The van der Waals surface area contributed by atoms with Crippen molar-refractivity contribution < 1.29 is 4.79 Å². The highest BCUT2D eigenvalue weighted by Gasteiger charge is 2.06. The van der Waals surface area contributed by atoms with Crippen molar-refractivity contribution in [2.45, 2.75) is 17.8 Å². The Balaban J connectivity index is 1.71. The summed E-state index contributed by atoms with van der Waals surface area (Å²) in [5.74, 6) is 0.678. The molecule has 1 aromatic heterocycles. The molecule has 0 saturated heterocycles. The predicted octanol–water partition coefficient (Wildman–Crippen LogP) is 4.07. The van der Waals surface area contributed by atoms with Gasteiger partial charge in [-0.05, 0) is 35.5 Å². The molecule has 132 valence electrons. The lowest BCUT2D eigenvalue weighted by Gasteiger charge is -2.02. The summed E-state index contributed by atoms with van der Waals surface area (Å²) in [7, 11) is 0. The number of hydrogen-bond donors (Lipinski definition) is 2. The zero-order valence-electron chi connectivity index (χ0n) is 14.0. The summed E-state index contributed by atoms with van der Waals surface area (Å²) in [6.45, 7) is 1.48. The Morgan fingerprint density at radius 3 is 2.69 bits per heavy atom. The fraction of sp³-hybridized carbons (Fsp3) is 0.111. The number of aromatic nitrogens is 3. The molecule has 0 bridgehead atoms. The summed E-state index contributed by atoms with van der Waals surface area (Å²) in [6.07, 6.45) is 1.70. The third-order valence-electron chi connectivity index (χ3n) is 3.38. The molecule has 3 aromatic rings. The molecule has 0 aliphatic carbocycles. The Hall–Kier alpha value is -2.71. The molecule has 8 heteroatoms. The van der Waals surface area contributed by atoms with E-state index in [4.69, 9.17) is 12.2 Å². The zero-order valence-corrected chi connectivity index (χ0v) is 15.7. The molecular formula is C18H17N5OS2. The van der Waals surface area contributed by atoms with Crippen LogP contribution in [-0.4, -0.2) is 27.0 Å². The molecule has 3 rings (SSSR count). The quantitative estimate of drug-likeness (QED) is 0.382. The van der Waals surface area contributed by atoms with Crippen molar-refractivity contribution in [3.63, 3.8) is 0 Å². The van der Waals surface area contributed by atoms with E-state index in [9.17, 15) is 4.79 Å². The van der Waals surface area contributed by atoms with Crippen molar-refractivity contribution in [2.24, 2.45) is 5.10 Å². The first-order valence-electron chi connectivity index (χ1n) is 7.88. The van der Waals surface area contributed by atoms with Crippen LogP contribution in [0.1, 0.15) is 18.1 Å². The highest BCUT2D eigenvalue weighted by molar-refractivity contribution is 7.98. The van der Waals surface area contributed by atoms with Crippen LogP contribution in [0.25, 0.3) is 0 Å². The van der Waals surface area contributed by atoms with E-state index in [-0.39, 0.29) is 5.91 Å². The molecular weight excluding hydrogens is 366 g/mol. The van der Waals surface area contributed by atoms with Crippen LogP contribution < -0.4 is 5.32 Å². The van der Waals surface area contributed by atoms with E-state index < -0.39 is 0 Å². The number of thioether (sulfide) groups is 1. The fourth-order valence-electron chi connectivity index (χ4n) is 2.17. The van der Waals surface area contributed by atoms with Crippen LogP contribution in [0.15, 0.2) is 64.9 Å². The molecule has 0 radical (unpaired) electrons. The number of benzene rings is 2. The average Bonchev–Trinajstić information content (AvgIpc) is 2.99.